The van der Waals surface area contributed by atoms with Crippen LogP contribution >= 0.6 is 0 Å². The van der Waals surface area contributed by atoms with E-state index in [0.29, 0.717) is 39.0 Å². The predicted molar refractivity (Wildman–Crippen MR) is 135 cm³/mol. The number of nitrogens with one attached hydrogen (secondary N) is 2. The van der Waals surface area contributed by atoms with Gasteiger partial charge in [0.1, 0.15) is 11.1 Å². The maximum Gasteiger partial charge on any atom is 0.408 e. The van der Waals surface area contributed by atoms with Crippen molar-refractivity contribution in [1.29, 1.82) is 0 Å². The number of fused-ring (bicyclic) bond motifs is 1. The summed E-state index contributed by atoms with van der Waals surface area (Å²) in [4.78, 5) is 40.8. The van der Waals surface area contributed by atoms with Crippen LogP contribution in [-0.4, -0.2) is 54.8 Å². The second-order valence-corrected chi connectivity index (χ2v) is 10.8. The third-order valence-electron chi connectivity index (χ3n) is 6.19. The zero-order valence-electron chi connectivity index (χ0n) is 21.6. The first-order chi connectivity index (χ1) is 16.5. The molecule has 1 saturated heterocycles. The minimum Gasteiger partial charge on any atom is -0.444 e. The van der Waals surface area contributed by atoms with Crippen LogP contribution in [0.15, 0.2) is 36.4 Å². The van der Waals surface area contributed by atoms with Crippen molar-refractivity contribution in [2.75, 3.05) is 24.7 Å². The summed E-state index contributed by atoms with van der Waals surface area (Å²) in [5.74, 6) is -0.108. The lowest BCUT2D eigenvalue weighted by atomic mass is 9.88. The molecule has 35 heavy (non-hydrogen) atoms. The van der Waals surface area contributed by atoms with Gasteiger partial charge in [-0.3, -0.25) is 9.59 Å². The fourth-order valence-electron chi connectivity index (χ4n) is 4.48. The third-order valence-corrected chi connectivity index (χ3v) is 6.19. The Morgan fingerprint density at radius 2 is 1.86 bits per heavy atom. The Kier molecular flexibility index (Phi) is 8.59. The van der Waals surface area contributed by atoms with Gasteiger partial charge in [-0.15, -0.1) is 0 Å². The van der Waals surface area contributed by atoms with Crippen LogP contribution in [0.25, 0.3) is 0 Å². The molecule has 0 radical (unpaired) electrons. The molecular formula is C27H39N3O5. The molecule has 192 valence electrons. The number of hydrogen-bond acceptors (Lipinski definition) is 5. The third kappa shape index (κ3) is 7.31. The summed E-state index contributed by atoms with van der Waals surface area (Å²) >= 11 is 0. The fourth-order valence-corrected chi connectivity index (χ4v) is 4.48. The van der Waals surface area contributed by atoms with Crippen LogP contribution in [0.5, 0.6) is 0 Å². The molecule has 1 atom stereocenters. The predicted octanol–water partition coefficient (Wildman–Crippen LogP) is 3.74. The molecule has 1 fully saturated rings. The summed E-state index contributed by atoms with van der Waals surface area (Å²) in [5, 5.41) is 5.89. The van der Waals surface area contributed by atoms with Crippen molar-refractivity contribution < 1.29 is 23.9 Å². The summed E-state index contributed by atoms with van der Waals surface area (Å²) in [6, 6.07) is 7.55. The van der Waals surface area contributed by atoms with Gasteiger partial charge < -0.3 is 25.0 Å². The van der Waals surface area contributed by atoms with Crippen molar-refractivity contribution in [3.05, 3.63) is 42.0 Å². The fraction of sp³-hybridized carbons (Fsp3) is 0.593. The number of hydrogen-bond donors (Lipinski definition) is 2. The minimum atomic E-state index is -1.12. The van der Waals surface area contributed by atoms with Gasteiger partial charge in [-0.25, -0.2) is 4.79 Å². The summed E-state index contributed by atoms with van der Waals surface area (Å²) < 4.78 is 10.9. The summed E-state index contributed by atoms with van der Waals surface area (Å²) in [5.41, 5.74) is 0.302. The average Bonchev–Trinajstić information content (AvgIpc) is 3.20. The van der Waals surface area contributed by atoms with Crippen LogP contribution in [0.4, 0.5) is 10.5 Å². The monoisotopic (exact) mass is 485 g/mol. The molecule has 2 N–H and O–H groups in total. The number of alkyl carbamates (subject to hydrolysis) is 1. The van der Waals surface area contributed by atoms with Crippen molar-refractivity contribution >= 4 is 23.6 Å². The maximum atomic E-state index is 13.5. The van der Waals surface area contributed by atoms with Crippen molar-refractivity contribution in [3.63, 3.8) is 0 Å². The average molecular weight is 486 g/mol. The molecule has 0 aromatic heterocycles. The second-order valence-electron chi connectivity index (χ2n) is 10.8. The highest BCUT2D eigenvalue weighted by atomic mass is 16.6. The Hall–Kier alpha value is -2.87. The lowest BCUT2D eigenvalue weighted by Gasteiger charge is -2.37. The summed E-state index contributed by atoms with van der Waals surface area (Å²) in [6.07, 6.45) is 4.87. The molecule has 1 aromatic carbocycles. The molecule has 8 heteroatoms. The van der Waals surface area contributed by atoms with E-state index in [1.54, 1.807) is 37.8 Å². The van der Waals surface area contributed by atoms with Gasteiger partial charge >= 0.3 is 6.09 Å². The molecule has 3 rings (SSSR count). The lowest BCUT2D eigenvalue weighted by molar-refractivity contribution is -0.132. The number of para-hydroxylation sites is 1. The SMILES string of the molecule is CC(C)C[C@@H](/C=C/C(=O)N1CCc2ccccc21)NC(=O)C1(NC(=O)OC(C)(C)C)CCOCC1. The number of ether oxygens (including phenoxy) is 2. The van der Waals surface area contributed by atoms with Crippen molar-refractivity contribution in [1.82, 2.24) is 10.6 Å². The van der Waals surface area contributed by atoms with Gasteiger partial charge in [0.15, 0.2) is 0 Å². The maximum absolute atomic E-state index is 13.5. The van der Waals surface area contributed by atoms with Gasteiger partial charge in [0.2, 0.25) is 5.91 Å². The molecule has 0 spiro atoms. The van der Waals surface area contributed by atoms with E-state index in [9.17, 15) is 14.4 Å². The van der Waals surface area contributed by atoms with Gasteiger partial charge in [-0.05, 0) is 51.2 Å². The number of benzene rings is 1. The van der Waals surface area contributed by atoms with E-state index in [-0.39, 0.29) is 23.8 Å². The zero-order chi connectivity index (χ0) is 25.6. The first kappa shape index (κ1) is 26.7. The van der Waals surface area contributed by atoms with Crippen LogP contribution in [0.2, 0.25) is 0 Å². The highest BCUT2D eigenvalue weighted by Gasteiger charge is 2.43. The number of rotatable bonds is 7. The van der Waals surface area contributed by atoms with E-state index in [1.165, 1.54) is 0 Å². The number of carbonyl (C=O) groups excluding carboxylic acids is 3. The molecule has 0 aliphatic carbocycles. The Morgan fingerprint density at radius 3 is 2.51 bits per heavy atom. The van der Waals surface area contributed by atoms with E-state index in [0.717, 1.165) is 17.7 Å². The van der Waals surface area contributed by atoms with Gasteiger partial charge in [0.25, 0.3) is 5.91 Å². The summed E-state index contributed by atoms with van der Waals surface area (Å²) in [6.45, 7) is 10.8. The van der Waals surface area contributed by atoms with Gasteiger partial charge in [-0.2, -0.15) is 0 Å². The van der Waals surface area contributed by atoms with Gasteiger partial charge in [0, 0.05) is 50.4 Å². The zero-order valence-corrected chi connectivity index (χ0v) is 21.6. The molecule has 2 aliphatic heterocycles. The second kappa shape index (κ2) is 11.2. The summed E-state index contributed by atoms with van der Waals surface area (Å²) in [7, 11) is 0. The highest BCUT2D eigenvalue weighted by molar-refractivity contribution is 6.03. The Morgan fingerprint density at radius 1 is 1.17 bits per heavy atom. The number of nitrogens with zero attached hydrogens (tertiary/aromatic N) is 1. The van der Waals surface area contributed by atoms with Gasteiger partial charge in [-0.1, -0.05) is 38.1 Å². The molecule has 0 unspecified atom stereocenters. The number of carbonyl (C=O) groups is 3. The molecule has 2 heterocycles. The van der Waals surface area contributed by atoms with Crippen molar-refractivity contribution in [2.24, 2.45) is 5.92 Å². The van der Waals surface area contributed by atoms with E-state index >= 15 is 0 Å². The Labute approximate surface area is 208 Å². The van der Waals surface area contributed by atoms with Crippen LogP contribution in [0, 0.1) is 5.92 Å². The van der Waals surface area contributed by atoms with Crippen molar-refractivity contribution in [3.8, 4) is 0 Å². The Bertz CT molecular complexity index is 944. The van der Waals surface area contributed by atoms with E-state index in [1.807, 2.05) is 24.3 Å². The largest absolute Gasteiger partial charge is 0.444 e. The quantitative estimate of drug-likeness (QED) is 0.574. The molecule has 8 nitrogen and oxygen atoms in total. The van der Waals surface area contributed by atoms with Crippen LogP contribution in [-0.2, 0) is 25.5 Å². The minimum absolute atomic E-state index is 0.106. The lowest BCUT2D eigenvalue weighted by Crippen LogP contribution is -2.63. The van der Waals surface area contributed by atoms with Crippen LogP contribution in [0.3, 0.4) is 0 Å². The Balaban J connectivity index is 1.72. The first-order valence-corrected chi connectivity index (χ1v) is 12.5. The van der Waals surface area contributed by atoms with Crippen LogP contribution < -0.4 is 15.5 Å². The standard InChI is InChI=1S/C27H39N3O5/c1-19(2)18-21(10-11-23(31)30-15-12-20-8-6-7-9-22(20)30)28-24(32)27(13-16-34-17-14-27)29-25(33)35-26(3,4)5/h6-11,19,21H,12-18H2,1-5H3,(H,28,32)(H,29,33)/b11-10+/t21-/m1/s1. The van der Waals surface area contributed by atoms with E-state index < -0.39 is 17.2 Å². The highest BCUT2D eigenvalue weighted by Crippen LogP contribution is 2.28. The number of amides is 3. The van der Waals surface area contributed by atoms with Gasteiger partial charge in [0.05, 0.1) is 0 Å². The molecule has 2 aliphatic rings. The smallest absolute Gasteiger partial charge is 0.408 e. The molecule has 0 saturated carbocycles. The van der Waals surface area contributed by atoms with Crippen molar-refractivity contribution in [2.45, 2.75) is 77.5 Å². The molecule has 0 bridgehead atoms. The first-order valence-electron chi connectivity index (χ1n) is 12.5. The number of anilines is 1. The molecular weight excluding hydrogens is 446 g/mol. The molecule has 3 amide bonds. The molecule has 1 aromatic rings. The topological polar surface area (TPSA) is 97.0 Å². The normalized spacial score (nSPS) is 18.3. The van der Waals surface area contributed by atoms with E-state index in [4.69, 9.17) is 9.47 Å². The van der Waals surface area contributed by atoms with Crippen LogP contribution in [0.1, 0.15) is 59.4 Å². The van der Waals surface area contributed by atoms with E-state index in [2.05, 4.69) is 24.5 Å².